The lowest BCUT2D eigenvalue weighted by molar-refractivity contribution is 0.693. The van der Waals surface area contributed by atoms with Gasteiger partial charge in [-0.2, -0.15) is 0 Å². The van der Waals surface area contributed by atoms with Crippen LogP contribution in [0.4, 0.5) is 0 Å². The highest BCUT2D eigenvalue weighted by atomic mass is 35.5. The molecule has 2 aromatic rings. The third-order valence-corrected chi connectivity index (χ3v) is 3.06. The van der Waals surface area contributed by atoms with Crippen LogP contribution in [0.5, 0.6) is 0 Å². The molecule has 0 radical (unpaired) electrons. The van der Waals surface area contributed by atoms with E-state index in [9.17, 15) is 0 Å². The number of halogens is 1. The van der Waals surface area contributed by atoms with Crippen molar-refractivity contribution in [1.82, 2.24) is 4.98 Å². The Morgan fingerprint density at radius 3 is 2.65 bits per heavy atom. The van der Waals surface area contributed by atoms with E-state index in [0.717, 1.165) is 22.0 Å². The second kappa shape index (κ2) is 5.30. The minimum Gasteiger partial charge on any atom is -0.322 e. The summed E-state index contributed by atoms with van der Waals surface area (Å²) in [6.45, 7) is 1.96. The van der Waals surface area contributed by atoms with E-state index in [-0.39, 0.29) is 6.04 Å². The van der Waals surface area contributed by atoms with Crippen LogP contribution in [0.1, 0.15) is 23.0 Å². The van der Waals surface area contributed by atoms with Crippen LogP contribution in [0.3, 0.4) is 0 Å². The molecule has 1 unspecified atom stereocenters. The molecule has 0 aliphatic rings. The number of pyridine rings is 1. The molecule has 0 aliphatic carbocycles. The Morgan fingerprint density at radius 2 is 1.94 bits per heavy atom. The van der Waals surface area contributed by atoms with Crippen LogP contribution in [0.2, 0.25) is 5.02 Å². The Balaban J connectivity index is 2.17. The average Bonchev–Trinajstić information content (AvgIpc) is 2.32. The van der Waals surface area contributed by atoms with Gasteiger partial charge in [-0.3, -0.25) is 4.98 Å². The molecule has 2 nitrogen and oxygen atoms in total. The molecule has 0 aliphatic heterocycles. The first-order chi connectivity index (χ1) is 8.16. The fourth-order valence-electron chi connectivity index (χ4n) is 1.78. The number of benzene rings is 1. The van der Waals surface area contributed by atoms with Crippen LogP contribution in [0, 0.1) is 6.92 Å². The summed E-state index contributed by atoms with van der Waals surface area (Å²) in [4.78, 5) is 4.43. The summed E-state index contributed by atoms with van der Waals surface area (Å²) in [7, 11) is 0. The molecule has 0 bridgehead atoms. The van der Waals surface area contributed by atoms with Gasteiger partial charge in [-0.25, -0.2) is 0 Å². The average molecular weight is 247 g/mol. The summed E-state index contributed by atoms with van der Waals surface area (Å²) in [5.74, 6) is 0. The van der Waals surface area contributed by atoms with Crippen LogP contribution in [0.25, 0.3) is 0 Å². The van der Waals surface area contributed by atoms with E-state index in [1.807, 2.05) is 49.4 Å². The van der Waals surface area contributed by atoms with Gasteiger partial charge in [-0.15, -0.1) is 0 Å². The van der Waals surface area contributed by atoms with Crippen LogP contribution in [-0.4, -0.2) is 4.98 Å². The molecular weight excluding hydrogens is 232 g/mol. The van der Waals surface area contributed by atoms with E-state index in [1.165, 1.54) is 0 Å². The molecule has 0 saturated carbocycles. The molecule has 1 atom stereocenters. The predicted octanol–water partition coefficient (Wildman–Crippen LogP) is 3.29. The van der Waals surface area contributed by atoms with Crippen LogP contribution in [0.15, 0.2) is 42.5 Å². The van der Waals surface area contributed by atoms with Crippen molar-refractivity contribution in [2.45, 2.75) is 19.4 Å². The van der Waals surface area contributed by atoms with Crippen molar-refractivity contribution in [2.75, 3.05) is 0 Å². The van der Waals surface area contributed by atoms with E-state index in [0.29, 0.717) is 6.42 Å². The standard InChI is InChI=1S/C14H15ClN2/c1-10-5-4-8-14(17-10)13(16)9-11-6-2-3-7-12(11)15/h2-8,13H,9,16H2,1H3. The lowest BCUT2D eigenvalue weighted by Crippen LogP contribution is -2.15. The Morgan fingerprint density at radius 1 is 1.18 bits per heavy atom. The minimum absolute atomic E-state index is 0.116. The number of hydrogen-bond donors (Lipinski definition) is 1. The Kier molecular flexibility index (Phi) is 3.77. The van der Waals surface area contributed by atoms with Crippen molar-refractivity contribution in [3.8, 4) is 0 Å². The third-order valence-electron chi connectivity index (χ3n) is 2.69. The smallest absolute Gasteiger partial charge is 0.0577 e. The van der Waals surface area contributed by atoms with E-state index in [2.05, 4.69) is 4.98 Å². The SMILES string of the molecule is Cc1cccc(C(N)Cc2ccccc2Cl)n1. The van der Waals surface area contributed by atoms with Crippen molar-refractivity contribution in [2.24, 2.45) is 5.73 Å². The number of nitrogens with zero attached hydrogens (tertiary/aromatic N) is 1. The zero-order chi connectivity index (χ0) is 12.3. The first-order valence-electron chi connectivity index (χ1n) is 5.59. The zero-order valence-electron chi connectivity index (χ0n) is 9.73. The molecule has 3 heteroatoms. The van der Waals surface area contributed by atoms with Gasteiger partial charge in [0.25, 0.3) is 0 Å². The molecule has 1 aromatic heterocycles. The second-order valence-corrected chi connectivity index (χ2v) is 4.51. The van der Waals surface area contributed by atoms with Crippen LogP contribution in [-0.2, 0) is 6.42 Å². The molecule has 0 spiro atoms. The van der Waals surface area contributed by atoms with Gasteiger partial charge in [-0.05, 0) is 37.1 Å². The maximum absolute atomic E-state index is 6.14. The predicted molar refractivity (Wildman–Crippen MR) is 71.1 cm³/mol. The topological polar surface area (TPSA) is 38.9 Å². The van der Waals surface area contributed by atoms with Crippen molar-refractivity contribution in [1.29, 1.82) is 0 Å². The highest BCUT2D eigenvalue weighted by Gasteiger charge is 2.10. The molecule has 1 heterocycles. The van der Waals surface area contributed by atoms with Gasteiger partial charge in [-0.1, -0.05) is 35.9 Å². The van der Waals surface area contributed by atoms with Gasteiger partial charge >= 0.3 is 0 Å². The van der Waals surface area contributed by atoms with Gasteiger partial charge in [0.15, 0.2) is 0 Å². The maximum atomic E-state index is 6.14. The summed E-state index contributed by atoms with van der Waals surface area (Å²) < 4.78 is 0. The lowest BCUT2D eigenvalue weighted by Gasteiger charge is -2.12. The normalized spacial score (nSPS) is 12.4. The second-order valence-electron chi connectivity index (χ2n) is 4.11. The number of aryl methyl sites for hydroxylation is 1. The van der Waals surface area contributed by atoms with E-state index in [1.54, 1.807) is 0 Å². The Bertz CT molecular complexity index is 511. The quantitative estimate of drug-likeness (QED) is 0.903. The number of rotatable bonds is 3. The lowest BCUT2D eigenvalue weighted by atomic mass is 10.0. The first kappa shape index (κ1) is 12.1. The molecule has 1 aromatic carbocycles. The van der Waals surface area contributed by atoms with Gasteiger partial charge < -0.3 is 5.73 Å². The fourth-order valence-corrected chi connectivity index (χ4v) is 1.99. The first-order valence-corrected chi connectivity index (χ1v) is 5.97. The molecule has 2 rings (SSSR count). The molecule has 2 N–H and O–H groups in total. The van der Waals surface area contributed by atoms with Crippen LogP contribution < -0.4 is 5.73 Å². The van der Waals surface area contributed by atoms with Crippen molar-refractivity contribution in [3.63, 3.8) is 0 Å². The highest BCUT2D eigenvalue weighted by molar-refractivity contribution is 6.31. The maximum Gasteiger partial charge on any atom is 0.0577 e. The van der Waals surface area contributed by atoms with E-state index < -0.39 is 0 Å². The summed E-state index contributed by atoms with van der Waals surface area (Å²) >= 11 is 6.11. The number of aromatic nitrogens is 1. The minimum atomic E-state index is -0.116. The summed E-state index contributed by atoms with van der Waals surface area (Å²) in [6, 6.07) is 13.5. The Hall–Kier alpha value is -1.38. The van der Waals surface area contributed by atoms with Gasteiger partial charge in [0.1, 0.15) is 0 Å². The van der Waals surface area contributed by atoms with Crippen LogP contribution >= 0.6 is 11.6 Å². The fraction of sp³-hybridized carbons (Fsp3) is 0.214. The monoisotopic (exact) mass is 246 g/mol. The Labute approximate surface area is 106 Å². The largest absolute Gasteiger partial charge is 0.322 e. The molecular formula is C14H15ClN2. The highest BCUT2D eigenvalue weighted by Crippen LogP contribution is 2.21. The third kappa shape index (κ3) is 3.05. The molecule has 0 saturated heterocycles. The van der Waals surface area contributed by atoms with Gasteiger partial charge in [0.2, 0.25) is 0 Å². The summed E-state index contributed by atoms with van der Waals surface area (Å²) in [6.07, 6.45) is 0.704. The summed E-state index contributed by atoms with van der Waals surface area (Å²) in [5.41, 5.74) is 9.09. The van der Waals surface area contributed by atoms with E-state index in [4.69, 9.17) is 17.3 Å². The van der Waals surface area contributed by atoms with Crippen molar-refractivity contribution in [3.05, 3.63) is 64.4 Å². The zero-order valence-corrected chi connectivity index (χ0v) is 10.5. The number of nitrogens with two attached hydrogens (primary N) is 1. The van der Waals surface area contributed by atoms with Crippen molar-refractivity contribution >= 4 is 11.6 Å². The molecule has 88 valence electrons. The molecule has 0 fully saturated rings. The summed E-state index contributed by atoms with van der Waals surface area (Å²) in [5, 5.41) is 0.760. The van der Waals surface area contributed by atoms with Crippen molar-refractivity contribution < 1.29 is 0 Å². The van der Waals surface area contributed by atoms with E-state index >= 15 is 0 Å². The number of hydrogen-bond acceptors (Lipinski definition) is 2. The van der Waals surface area contributed by atoms with Gasteiger partial charge in [0, 0.05) is 10.7 Å². The molecule has 17 heavy (non-hydrogen) atoms. The molecule has 0 amide bonds. The van der Waals surface area contributed by atoms with Gasteiger partial charge in [0.05, 0.1) is 11.7 Å².